The van der Waals surface area contributed by atoms with Crippen molar-refractivity contribution in [3.05, 3.63) is 52.7 Å². The third kappa shape index (κ3) is 2.89. The van der Waals surface area contributed by atoms with Gasteiger partial charge in [0.05, 0.1) is 12.2 Å². The molecule has 0 saturated carbocycles. The number of halogens is 3. The molecular weight excluding hydrogens is 245 g/mol. The minimum atomic E-state index is -1.45. The first kappa shape index (κ1) is 12.6. The molecule has 2 aromatic rings. The quantitative estimate of drug-likeness (QED) is 0.855. The summed E-state index contributed by atoms with van der Waals surface area (Å²) >= 11 is 0. The Labute approximate surface area is 102 Å². The van der Waals surface area contributed by atoms with E-state index in [0.717, 1.165) is 17.8 Å². The summed E-state index contributed by atoms with van der Waals surface area (Å²) in [5.74, 6) is -3.22. The van der Waals surface area contributed by atoms with Crippen LogP contribution in [0.1, 0.15) is 17.0 Å². The summed E-state index contributed by atoms with van der Waals surface area (Å²) in [5.41, 5.74) is 1.08. The largest absolute Gasteiger partial charge is 0.360 e. The minimum absolute atomic E-state index is 0.202. The molecule has 0 saturated heterocycles. The Balaban J connectivity index is 1.94. The van der Waals surface area contributed by atoms with Crippen LogP contribution >= 0.6 is 0 Å². The van der Waals surface area contributed by atoms with Gasteiger partial charge >= 0.3 is 0 Å². The molecule has 0 radical (unpaired) electrons. The molecule has 0 fully saturated rings. The smallest absolute Gasteiger partial charge is 0.194 e. The molecular formula is C12H11F3N2O. The molecule has 3 nitrogen and oxygen atoms in total. The molecule has 1 aromatic heterocycles. The minimum Gasteiger partial charge on any atom is -0.360 e. The standard InChI is InChI=1S/C12H11F3N2O/c1-7-2-9(18-17-7)6-16-5-8-3-10(13)12(15)11(14)4-8/h2-4,16H,5-6H2,1H3. The second kappa shape index (κ2) is 5.22. The Hall–Kier alpha value is -1.82. The molecule has 1 aromatic carbocycles. The predicted molar refractivity (Wildman–Crippen MR) is 58.1 cm³/mol. The van der Waals surface area contributed by atoms with Crippen LogP contribution in [0.2, 0.25) is 0 Å². The van der Waals surface area contributed by atoms with Gasteiger partial charge in [0.15, 0.2) is 23.2 Å². The summed E-state index contributed by atoms with van der Waals surface area (Å²) in [6.07, 6.45) is 0. The van der Waals surface area contributed by atoms with Crippen molar-refractivity contribution in [3.63, 3.8) is 0 Å². The van der Waals surface area contributed by atoms with Gasteiger partial charge < -0.3 is 9.84 Å². The summed E-state index contributed by atoms with van der Waals surface area (Å²) < 4.78 is 43.5. The zero-order chi connectivity index (χ0) is 13.1. The van der Waals surface area contributed by atoms with Crippen molar-refractivity contribution in [1.29, 1.82) is 0 Å². The van der Waals surface area contributed by atoms with Gasteiger partial charge in [0.25, 0.3) is 0 Å². The maximum Gasteiger partial charge on any atom is 0.194 e. The van der Waals surface area contributed by atoms with Crippen LogP contribution in [0.4, 0.5) is 13.2 Å². The van der Waals surface area contributed by atoms with Crippen LogP contribution in [0.25, 0.3) is 0 Å². The summed E-state index contributed by atoms with van der Waals surface area (Å²) in [4.78, 5) is 0. The van der Waals surface area contributed by atoms with E-state index in [0.29, 0.717) is 17.9 Å². The van der Waals surface area contributed by atoms with Gasteiger partial charge in [0, 0.05) is 12.6 Å². The molecule has 0 unspecified atom stereocenters. The molecule has 0 atom stereocenters. The van der Waals surface area contributed by atoms with Gasteiger partial charge in [-0.1, -0.05) is 5.16 Å². The molecule has 96 valence electrons. The molecule has 0 amide bonds. The van der Waals surface area contributed by atoms with Gasteiger partial charge in [-0.05, 0) is 24.6 Å². The summed E-state index contributed by atoms with van der Waals surface area (Å²) in [6, 6.07) is 3.66. The summed E-state index contributed by atoms with van der Waals surface area (Å²) in [7, 11) is 0. The van der Waals surface area contributed by atoms with Gasteiger partial charge in [0.1, 0.15) is 0 Å². The lowest BCUT2D eigenvalue weighted by molar-refractivity contribution is 0.369. The highest BCUT2D eigenvalue weighted by atomic mass is 19.2. The van der Waals surface area contributed by atoms with E-state index in [1.165, 1.54) is 0 Å². The van der Waals surface area contributed by atoms with Crippen molar-refractivity contribution in [2.24, 2.45) is 0 Å². The number of hydrogen-bond donors (Lipinski definition) is 1. The molecule has 6 heteroatoms. The Morgan fingerprint density at radius 3 is 2.33 bits per heavy atom. The molecule has 0 spiro atoms. The molecule has 1 heterocycles. The third-order valence-corrected chi connectivity index (χ3v) is 2.35. The number of aromatic nitrogens is 1. The van der Waals surface area contributed by atoms with Crippen LogP contribution in [0.3, 0.4) is 0 Å². The van der Waals surface area contributed by atoms with Crippen LogP contribution in [-0.4, -0.2) is 5.16 Å². The number of aryl methyl sites for hydroxylation is 1. The Morgan fingerprint density at radius 2 is 1.78 bits per heavy atom. The van der Waals surface area contributed by atoms with E-state index in [-0.39, 0.29) is 6.54 Å². The van der Waals surface area contributed by atoms with Crippen molar-refractivity contribution >= 4 is 0 Å². The zero-order valence-corrected chi connectivity index (χ0v) is 9.64. The average Bonchev–Trinajstić information content (AvgIpc) is 2.72. The van der Waals surface area contributed by atoms with Crippen LogP contribution in [0.15, 0.2) is 22.7 Å². The van der Waals surface area contributed by atoms with Gasteiger partial charge in [-0.2, -0.15) is 0 Å². The van der Waals surface area contributed by atoms with E-state index in [2.05, 4.69) is 10.5 Å². The van der Waals surface area contributed by atoms with E-state index in [1.807, 2.05) is 0 Å². The highest BCUT2D eigenvalue weighted by molar-refractivity contribution is 5.19. The van der Waals surface area contributed by atoms with E-state index in [4.69, 9.17) is 4.52 Å². The third-order valence-electron chi connectivity index (χ3n) is 2.35. The van der Waals surface area contributed by atoms with Crippen LogP contribution in [-0.2, 0) is 13.1 Å². The fraction of sp³-hybridized carbons (Fsp3) is 0.250. The topological polar surface area (TPSA) is 38.1 Å². The molecule has 0 aliphatic carbocycles. The van der Waals surface area contributed by atoms with Crippen molar-refractivity contribution in [1.82, 2.24) is 10.5 Å². The zero-order valence-electron chi connectivity index (χ0n) is 9.64. The van der Waals surface area contributed by atoms with Crippen LogP contribution in [0.5, 0.6) is 0 Å². The fourth-order valence-corrected chi connectivity index (χ4v) is 1.54. The molecule has 0 aliphatic heterocycles. The van der Waals surface area contributed by atoms with E-state index in [9.17, 15) is 13.2 Å². The van der Waals surface area contributed by atoms with Crippen molar-refractivity contribution in [3.8, 4) is 0 Å². The van der Waals surface area contributed by atoms with Gasteiger partial charge in [-0.15, -0.1) is 0 Å². The lowest BCUT2D eigenvalue weighted by atomic mass is 10.2. The maximum absolute atomic E-state index is 12.9. The van der Waals surface area contributed by atoms with E-state index < -0.39 is 17.5 Å². The van der Waals surface area contributed by atoms with Crippen molar-refractivity contribution < 1.29 is 17.7 Å². The summed E-state index contributed by atoms with van der Waals surface area (Å²) in [6.45, 7) is 2.37. The number of nitrogens with zero attached hydrogens (tertiary/aromatic N) is 1. The number of benzene rings is 1. The number of nitrogens with one attached hydrogen (secondary N) is 1. The molecule has 18 heavy (non-hydrogen) atoms. The van der Waals surface area contributed by atoms with Gasteiger partial charge in [0.2, 0.25) is 0 Å². The highest BCUT2D eigenvalue weighted by Gasteiger charge is 2.10. The predicted octanol–water partition coefficient (Wildman–Crippen LogP) is 2.69. The van der Waals surface area contributed by atoms with Gasteiger partial charge in [-0.3, -0.25) is 0 Å². The summed E-state index contributed by atoms with van der Waals surface area (Å²) in [5, 5.41) is 6.61. The first-order valence-electron chi connectivity index (χ1n) is 5.32. The van der Waals surface area contributed by atoms with Crippen molar-refractivity contribution in [2.75, 3.05) is 0 Å². The Kier molecular flexibility index (Phi) is 3.66. The lowest BCUT2D eigenvalue weighted by Crippen LogP contribution is -2.13. The first-order chi connectivity index (χ1) is 8.56. The fourth-order valence-electron chi connectivity index (χ4n) is 1.54. The lowest BCUT2D eigenvalue weighted by Gasteiger charge is -2.04. The van der Waals surface area contributed by atoms with Gasteiger partial charge in [-0.25, -0.2) is 13.2 Å². The van der Waals surface area contributed by atoms with Crippen molar-refractivity contribution in [2.45, 2.75) is 20.0 Å². The van der Waals surface area contributed by atoms with E-state index in [1.54, 1.807) is 13.0 Å². The first-order valence-corrected chi connectivity index (χ1v) is 5.32. The second-order valence-electron chi connectivity index (χ2n) is 3.91. The van der Waals surface area contributed by atoms with E-state index >= 15 is 0 Å². The molecule has 0 aliphatic rings. The molecule has 0 bridgehead atoms. The monoisotopic (exact) mass is 256 g/mol. The number of rotatable bonds is 4. The van der Waals surface area contributed by atoms with Crippen LogP contribution < -0.4 is 5.32 Å². The van der Waals surface area contributed by atoms with Crippen LogP contribution in [0, 0.1) is 24.4 Å². The second-order valence-corrected chi connectivity index (χ2v) is 3.91. The average molecular weight is 256 g/mol. The molecule has 1 N–H and O–H groups in total. The SMILES string of the molecule is Cc1cc(CNCc2cc(F)c(F)c(F)c2)on1. The highest BCUT2D eigenvalue weighted by Crippen LogP contribution is 2.13. The Morgan fingerprint density at radius 1 is 1.11 bits per heavy atom. The number of hydrogen-bond acceptors (Lipinski definition) is 3. The maximum atomic E-state index is 12.9. The Bertz CT molecular complexity index is 531. The molecule has 2 rings (SSSR count). The normalized spacial score (nSPS) is 10.9.